The van der Waals surface area contributed by atoms with Gasteiger partial charge in [0.1, 0.15) is 11.4 Å². The van der Waals surface area contributed by atoms with Crippen molar-refractivity contribution < 1.29 is 19.5 Å². The maximum atomic E-state index is 12.6. The van der Waals surface area contributed by atoms with Crippen LogP contribution in [0.15, 0.2) is 59.9 Å². The first-order chi connectivity index (χ1) is 13.8. The maximum absolute atomic E-state index is 12.6. The molecule has 29 heavy (non-hydrogen) atoms. The molecule has 0 aromatic heterocycles. The van der Waals surface area contributed by atoms with Crippen molar-refractivity contribution in [3.63, 3.8) is 0 Å². The molecule has 0 spiro atoms. The Hall–Kier alpha value is -3.81. The van der Waals surface area contributed by atoms with Crippen molar-refractivity contribution in [1.29, 1.82) is 0 Å². The third-order valence-electron chi connectivity index (χ3n) is 4.53. The number of nitrogens with zero attached hydrogens (tertiary/aromatic N) is 2. The predicted octanol–water partition coefficient (Wildman–Crippen LogP) is 1.51. The van der Waals surface area contributed by atoms with E-state index in [1.807, 2.05) is 30.3 Å². The first-order valence-corrected chi connectivity index (χ1v) is 8.96. The highest BCUT2D eigenvalue weighted by atomic mass is 16.3. The summed E-state index contributed by atoms with van der Waals surface area (Å²) in [6.45, 7) is 0.347. The number of nitrogens with one attached hydrogen (secondary N) is 2. The summed E-state index contributed by atoms with van der Waals surface area (Å²) in [5, 5.41) is 16.3. The molecule has 8 nitrogen and oxygen atoms in total. The van der Waals surface area contributed by atoms with E-state index in [1.165, 1.54) is 24.1 Å². The molecule has 0 bridgehead atoms. The second-order valence-corrected chi connectivity index (χ2v) is 6.78. The summed E-state index contributed by atoms with van der Waals surface area (Å²) >= 11 is 0. The molecule has 1 heterocycles. The van der Waals surface area contributed by atoms with Crippen LogP contribution in [-0.4, -0.2) is 53.8 Å². The molecule has 0 radical (unpaired) electrons. The Morgan fingerprint density at radius 1 is 1.00 bits per heavy atom. The van der Waals surface area contributed by atoms with Gasteiger partial charge >= 0.3 is 0 Å². The Morgan fingerprint density at radius 2 is 1.66 bits per heavy atom. The fourth-order valence-corrected chi connectivity index (χ4v) is 2.90. The third kappa shape index (κ3) is 3.91. The Morgan fingerprint density at radius 3 is 2.31 bits per heavy atom. The maximum Gasteiger partial charge on any atom is 0.279 e. The molecule has 0 fully saturated rings. The number of benzene rings is 2. The number of aromatic hydroxyl groups is 1. The summed E-state index contributed by atoms with van der Waals surface area (Å²) < 4.78 is 0. The molecule has 2 aromatic rings. The summed E-state index contributed by atoms with van der Waals surface area (Å²) in [4.78, 5) is 39.6. The molecule has 0 saturated carbocycles. The Bertz CT molecular complexity index is 999. The van der Waals surface area contributed by atoms with Gasteiger partial charge in [0.2, 0.25) is 0 Å². The summed E-state index contributed by atoms with van der Waals surface area (Å²) in [5.41, 5.74) is 1.30. The van der Waals surface area contributed by atoms with Crippen LogP contribution in [-0.2, 0) is 16.1 Å². The van der Waals surface area contributed by atoms with Crippen LogP contribution >= 0.6 is 0 Å². The molecule has 0 saturated heterocycles. The van der Waals surface area contributed by atoms with Gasteiger partial charge in [0.15, 0.2) is 5.75 Å². The molecule has 3 N–H and O–H groups in total. The topological polar surface area (TPSA) is 102 Å². The van der Waals surface area contributed by atoms with Crippen LogP contribution in [0.1, 0.15) is 15.9 Å². The number of hydrogen-bond acceptors (Lipinski definition) is 6. The lowest BCUT2D eigenvalue weighted by molar-refractivity contribution is -0.136. The molecule has 1 aliphatic heterocycles. The lowest BCUT2D eigenvalue weighted by atomic mass is 10.1. The van der Waals surface area contributed by atoms with Gasteiger partial charge in [-0.1, -0.05) is 36.4 Å². The zero-order chi connectivity index (χ0) is 21.1. The van der Waals surface area contributed by atoms with Gasteiger partial charge in [0.05, 0.1) is 11.3 Å². The molecule has 150 valence electrons. The van der Waals surface area contributed by atoms with Crippen LogP contribution in [0.25, 0.3) is 0 Å². The number of amides is 3. The first-order valence-electron chi connectivity index (χ1n) is 8.96. The SMILES string of the molecule is CN(C)C(=O)c1cccc(NC2=C(NCc3ccccc3)C(=O)N(C)C2=O)c1O. The van der Waals surface area contributed by atoms with Gasteiger partial charge in [0.25, 0.3) is 17.7 Å². The lowest BCUT2D eigenvalue weighted by Crippen LogP contribution is -2.29. The van der Waals surface area contributed by atoms with Crippen LogP contribution in [0.5, 0.6) is 5.75 Å². The first kappa shape index (κ1) is 19.9. The Labute approximate surface area is 168 Å². The molecule has 1 aliphatic rings. The summed E-state index contributed by atoms with van der Waals surface area (Å²) in [7, 11) is 4.53. The van der Waals surface area contributed by atoms with E-state index in [1.54, 1.807) is 20.2 Å². The van der Waals surface area contributed by atoms with Gasteiger partial charge in [-0.3, -0.25) is 19.3 Å². The van der Waals surface area contributed by atoms with E-state index in [4.69, 9.17) is 0 Å². The number of anilines is 1. The number of likely N-dealkylation sites (N-methyl/N-ethyl adjacent to an activating group) is 1. The molecule has 8 heteroatoms. The van der Waals surface area contributed by atoms with Crippen molar-refractivity contribution in [2.75, 3.05) is 26.5 Å². The molecular formula is C21H22N4O4. The van der Waals surface area contributed by atoms with Crippen molar-refractivity contribution >= 4 is 23.4 Å². The summed E-state index contributed by atoms with van der Waals surface area (Å²) in [6.07, 6.45) is 0. The standard InChI is InChI=1S/C21H22N4O4/c1-24(2)19(27)14-10-7-11-15(18(14)26)23-17-16(20(28)25(3)21(17)29)22-12-13-8-5-4-6-9-13/h4-11,22-23,26H,12H2,1-3H3. The van der Waals surface area contributed by atoms with Crippen LogP contribution in [0.4, 0.5) is 5.69 Å². The van der Waals surface area contributed by atoms with Gasteiger partial charge in [-0.05, 0) is 17.7 Å². The van der Waals surface area contributed by atoms with Crippen molar-refractivity contribution in [2.24, 2.45) is 0 Å². The third-order valence-corrected chi connectivity index (χ3v) is 4.53. The quantitative estimate of drug-likeness (QED) is 0.507. The van der Waals surface area contributed by atoms with E-state index in [0.717, 1.165) is 10.5 Å². The summed E-state index contributed by atoms with van der Waals surface area (Å²) in [6, 6.07) is 14.0. The number of carbonyl (C=O) groups excluding carboxylic acids is 3. The molecule has 3 amide bonds. The number of carbonyl (C=O) groups is 3. The predicted molar refractivity (Wildman–Crippen MR) is 108 cm³/mol. The number of phenols is 1. The van der Waals surface area contributed by atoms with Crippen LogP contribution in [0.2, 0.25) is 0 Å². The minimum Gasteiger partial charge on any atom is -0.505 e. The molecule has 0 aliphatic carbocycles. The largest absolute Gasteiger partial charge is 0.505 e. The van der Waals surface area contributed by atoms with Crippen molar-refractivity contribution in [2.45, 2.75) is 6.54 Å². The number of para-hydroxylation sites is 1. The van der Waals surface area contributed by atoms with Gasteiger partial charge in [-0.25, -0.2) is 0 Å². The Balaban J connectivity index is 1.93. The second-order valence-electron chi connectivity index (χ2n) is 6.78. The summed E-state index contributed by atoms with van der Waals surface area (Å²) in [5.74, 6) is -1.69. The Kier molecular flexibility index (Phi) is 5.54. The van der Waals surface area contributed by atoms with E-state index in [0.29, 0.717) is 6.54 Å². The minimum absolute atomic E-state index is 0.0122. The average Bonchev–Trinajstić information content (AvgIpc) is 2.91. The van der Waals surface area contributed by atoms with Gasteiger partial charge in [-0.15, -0.1) is 0 Å². The lowest BCUT2D eigenvalue weighted by Gasteiger charge is -2.15. The van der Waals surface area contributed by atoms with E-state index < -0.39 is 11.8 Å². The van der Waals surface area contributed by atoms with Gasteiger partial charge in [0, 0.05) is 27.7 Å². The molecule has 0 unspecified atom stereocenters. The fourth-order valence-electron chi connectivity index (χ4n) is 2.90. The van der Waals surface area contributed by atoms with Gasteiger partial charge < -0.3 is 20.6 Å². The van der Waals surface area contributed by atoms with Gasteiger partial charge in [-0.2, -0.15) is 0 Å². The van der Waals surface area contributed by atoms with E-state index >= 15 is 0 Å². The highest BCUT2D eigenvalue weighted by Gasteiger charge is 2.36. The highest BCUT2D eigenvalue weighted by molar-refractivity contribution is 6.20. The van der Waals surface area contributed by atoms with Crippen LogP contribution in [0, 0.1) is 0 Å². The monoisotopic (exact) mass is 394 g/mol. The van der Waals surface area contributed by atoms with Crippen molar-refractivity contribution in [1.82, 2.24) is 15.1 Å². The molecule has 2 aromatic carbocycles. The number of imide groups is 1. The molecule has 3 rings (SSSR count). The fraction of sp³-hybridized carbons (Fsp3) is 0.190. The zero-order valence-corrected chi connectivity index (χ0v) is 16.4. The van der Waals surface area contributed by atoms with Crippen molar-refractivity contribution in [3.8, 4) is 5.75 Å². The minimum atomic E-state index is -0.533. The average molecular weight is 394 g/mol. The van der Waals surface area contributed by atoms with Crippen LogP contribution in [0.3, 0.4) is 0 Å². The second kappa shape index (κ2) is 8.05. The van der Waals surface area contributed by atoms with Crippen LogP contribution < -0.4 is 10.6 Å². The normalized spacial score (nSPS) is 13.7. The zero-order valence-electron chi connectivity index (χ0n) is 16.4. The highest BCUT2D eigenvalue weighted by Crippen LogP contribution is 2.31. The van der Waals surface area contributed by atoms with Crippen molar-refractivity contribution in [3.05, 3.63) is 71.1 Å². The number of rotatable bonds is 6. The van der Waals surface area contributed by atoms with E-state index in [9.17, 15) is 19.5 Å². The number of hydrogen-bond donors (Lipinski definition) is 3. The smallest absolute Gasteiger partial charge is 0.279 e. The number of phenolic OH excluding ortho intramolecular Hbond substituents is 1. The molecule has 0 atom stereocenters. The van der Waals surface area contributed by atoms with E-state index in [-0.39, 0.29) is 34.3 Å². The molecular weight excluding hydrogens is 372 g/mol. The van der Waals surface area contributed by atoms with E-state index in [2.05, 4.69) is 10.6 Å².